The zero-order valence-corrected chi connectivity index (χ0v) is 21.3. The molecule has 7 heteroatoms. The quantitative estimate of drug-likeness (QED) is 0.251. The van der Waals surface area contributed by atoms with Crippen molar-refractivity contribution in [3.05, 3.63) is 64.2 Å². The molecule has 6 nitrogen and oxygen atoms in total. The van der Waals surface area contributed by atoms with E-state index in [-0.39, 0.29) is 23.6 Å². The van der Waals surface area contributed by atoms with Gasteiger partial charge in [-0.25, -0.2) is 0 Å². The Morgan fingerprint density at radius 3 is 2.47 bits per heavy atom. The zero-order chi connectivity index (χ0) is 23.5. The van der Waals surface area contributed by atoms with Crippen molar-refractivity contribution < 1.29 is 5.11 Å². The van der Waals surface area contributed by atoms with Gasteiger partial charge >= 0.3 is 0 Å². The van der Waals surface area contributed by atoms with Crippen LogP contribution in [-0.4, -0.2) is 27.7 Å². The average molecular weight is 487 g/mol. The summed E-state index contributed by atoms with van der Waals surface area (Å²) in [5.74, 6) is -0.116. The number of aryl methyl sites for hydroxylation is 1. The molecule has 0 bridgehead atoms. The normalized spacial score (nSPS) is 10.9. The Kier molecular flexibility index (Phi) is 11.9. The maximum absolute atomic E-state index is 11.9. The lowest BCUT2D eigenvalue weighted by atomic mass is 10.1. The fourth-order valence-electron chi connectivity index (χ4n) is 4.29. The topological polar surface area (TPSA) is 79.2 Å². The molecular formula is C27H39ClN4O2. The summed E-state index contributed by atoms with van der Waals surface area (Å²) in [7, 11) is 0. The lowest BCUT2D eigenvalue weighted by molar-refractivity contribution is 0.437. The second-order valence-electron chi connectivity index (χ2n) is 8.70. The molecule has 3 N–H and O–H groups in total. The van der Waals surface area contributed by atoms with Crippen molar-refractivity contribution >= 4 is 29.0 Å². The van der Waals surface area contributed by atoms with Gasteiger partial charge in [-0.1, -0.05) is 50.8 Å². The van der Waals surface area contributed by atoms with E-state index in [0.717, 1.165) is 55.8 Å². The second-order valence-corrected chi connectivity index (χ2v) is 8.70. The average Bonchev–Trinajstić information content (AvgIpc) is 2.82. The van der Waals surface area contributed by atoms with E-state index in [9.17, 15) is 9.90 Å². The van der Waals surface area contributed by atoms with Crippen LogP contribution in [0.2, 0.25) is 0 Å². The number of unbranched alkanes of at least 4 members (excludes halogenated alkanes) is 5. The van der Waals surface area contributed by atoms with Crippen LogP contribution in [0.1, 0.15) is 63.3 Å². The number of aromatic hydroxyl groups is 1. The maximum Gasteiger partial charge on any atom is 0.223 e. The number of rotatable bonds is 14. The molecule has 0 aliphatic rings. The van der Waals surface area contributed by atoms with Crippen molar-refractivity contribution in [2.45, 2.75) is 71.9 Å². The number of hydrogen-bond acceptors (Lipinski definition) is 5. The minimum absolute atomic E-state index is 0. The Bertz CT molecular complexity index is 1080. The predicted molar refractivity (Wildman–Crippen MR) is 144 cm³/mol. The van der Waals surface area contributed by atoms with Crippen LogP contribution >= 0.6 is 12.4 Å². The molecule has 0 spiro atoms. The van der Waals surface area contributed by atoms with Gasteiger partial charge in [0.1, 0.15) is 0 Å². The summed E-state index contributed by atoms with van der Waals surface area (Å²) in [6.07, 6.45) is 9.99. The van der Waals surface area contributed by atoms with E-state index in [4.69, 9.17) is 0 Å². The maximum atomic E-state index is 11.9. The number of pyridine rings is 2. The first-order chi connectivity index (χ1) is 16.1. The number of aromatic nitrogens is 2. The van der Waals surface area contributed by atoms with Gasteiger partial charge in [-0.15, -0.1) is 12.4 Å². The molecular weight excluding hydrogens is 448 g/mol. The minimum atomic E-state index is -0.289. The molecule has 2 aromatic heterocycles. The highest BCUT2D eigenvalue weighted by Crippen LogP contribution is 2.21. The molecule has 186 valence electrons. The summed E-state index contributed by atoms with van der Waals surface area (Å²) in [6, 6.07) is 11.8. The molecule has 0 atom stereocenters. The van der Waals surface area contributed by atoms with Crippen LogP contribution in [0.5, 0.6) is 5.75 Å². The van der Waals surface area contributed by atoms with Gasteiger partial charge in [0.2, 0.25) is 5.43 Å². The van der Waals surface area contributed by atoms with Crippen LogP contribution in [0.25, 0.3) is 10.9 Å². The van der Waals surface area contributed by atoms with Crippen LogP contribution in [0.4, 0.5) is 5.69 Å². The molecule has 1 aromatic carbocycles. The summed E-state index contributed by atoms with van der Waals surface area (Å²) in [5.41, 5.74) is 3.51. The first-order valence-electron chi connectivity index (χ1n) is 12.3. The highest BCUT2D eigenvalue weighted by molar-refractivity contribution is 5.90. The van der Waals surface area contributed by atoms with E-state index in [1.54, 1.807) is 0 Å². The third kappa shape index (κ3) is 7.74. The van der Waals surface area contributed by atoms with E-state index < -0.39 is 0 Å². The zero-order valence-electron chi connectivity index (χ0n) is 20.5. The Morgan fingerprint density at radius 2 is 1.71 bits per heavy atom. The molecule has 0 amide bonds. The number of halogens is 1. The first-order valence-corrected chi connectivity index (χ1v) is 12.3. The van der Waals surface area contributed by atoms with E-state index in [1.807, 2.05) is 35.9 Å². The second kappa shape index (κ2) is 14.6. The molecule has 0 unspecified atom stereocenters. The van der Waals surface area contributed by atoms with Crippen molar-refractivity contribution in [2.24, 2.45) is 0 Å². The number of fused-ring (bicyclic) bond motifs is 1. The van der Waals surface area contributed by atoms with Gasteiger partial charge in [-0.2, -0.15) is 0 Å². The van der Waals surface area contributed by atoms with Gasteiger partial charge in [0.05, 0.1) is 11.2 Å². The summed E-state index contributed by atoms with van der Waals surface area (Å²) in [6.45, 7) is 7.23. The van der Waals surface area contributed by atoms with Gasteiger partial charge in [0.15, 0.2) is 5.75 Å². The van der Waals surface area contributed by atoms with Crippen LogP contribution in [-0.2, 0) is 13.1 Å². The molecule has 0 saturated heterocycles. The molecule has 3 rings (SSSR count). The third-order valence-corrected chi connectivity index (χ3v) is 6.08. The van der Waals surface area contributed by atoms with Crippen LogP contribution < -0.4 is 16.1 Å². The number of nitrogens with one attached hydrogen (secondary N) is 2. The number of anilines is 1. The summed E-state index contributed by atoms with van der Waals surface area (Å²) in [5, 5.41) is 18.4. The number of hydrogen-bond donors (Lipinski definition) is 3. The van der Waals surface area contributed by atoms with Gasteiger partial charge in [-0.05, 0) is 44.9 Å². The minimum Gasteiger partial charge on any atom is -0.503 e. The van der Waals surface area contributed by atoms with Gasteiger partial charge in [0, 0.05) is 48.7 Å². The molecule has 0 fully saturated rings. The smallest absolute Gasteiger partial charge is 0.223 e. The number of benzene rings is 1. The molecule has 3 aromatic rings. The number of nitrogens with zero attached hydrogens (tertiary/aromatic N) is 2. The SMILES string of the molecule is CCCn1c(C)cc(=O)c(O)c1CNCCCCCCCCNc1ccnc2ccccc12.Cl. The molecule has 0 saturated carbocycles. The van der Waals surface area contributed by atoms with Crippen molar-refractivity contribution in [2.75, 3.05) is 18.4 Å². The third-order valence-electron chi connectivity index (χ3n) is 6.08. The highest BCUT2D eigenvalue weighted by atomic mass is 35.5. The molecule has 0 radical (unpaired) electrons. The fraction of sp³-hybridized carbons (Fsp3) is 0.481. The number of para-hydroxylation sites is 1. The Balaban J connectivity index is 0.00000408. The summed E-state index contributed by atoms with van der Waals surface area (Å²) < 4.78 is 2.05. The van der Waals surface area contributed by atoms with E-state index in [2.05, 4.69) is 34.7 Å². The molecule has 34 heavy (non-hydrogen) atoms. The monoisotopic (exact) mass is 486 g/mol. The predicted octanol–water partition coefficient (Wildman–Crippen LogP) is 5.78. The molecule has 0 aliphatic carbocycles. The van der Waals surface area contributed by atoms with E-state index in [0.29, 0.717) is 12.2 Å². The van der Waals surface area contributed by atoms with E-state index >= 15 is 0 Å². The van der Waals surface area contributed by atoms with Crippen molar-refractivity contribution in [3.8, 4) is 5.75 Å². The largest absolute Gasteiger partial charge is 0.503 e. The lowest BCUT2D eigenvalue weighted by Gasteiger charge is -2.17. The van der Waals surface area contributed by atoms with Gasteiger partial charge in [-0.3, -0.25) is 9.78 Å². The first kappa shape index (κ1) is 27.7. The lowest BCUT2D eigenvalue weighted by Crippen LogP contribution is -2.23. The standard InChI is InChI=1S/C27H38N4O2.ClH/c1-3-18-31-21(2)19-26(32)27(33)25(31)20-28-15-10-6-4-5-7-11-16-29-24-14-17-30-23-13-9-8-12-22(23)24;/h8-9,12-14,17,19,28,33H,3-7,10-11,15-16,18,20H2,1-2H3,(H,29,30);1H. The van der Waals surface area contributed by atoms with Crippen LogP contribution in [0, 0.1) is 6.92 Å². The molecule has 0 aliphatic heterocycles. The fourth-order valence-corrected chi connectivity index (χ4v) is 4.29. The van der Waals surface area contributed by atoms with Gasteiger partial charge in [0.25, 0.3) is 0 Å². The van der Waals surface area contributed by atoms with Crippen molar-refractivity contribution in [1.29, 1.82) is 0 Å². The molecule has 2 heterocycles. The Labute approximate surface area is 209 Å². The summed E-state index contributed by atoms with van der Waals surface area (Å²) in [4.78, 5) is 16.3. The summed E-state index contributed by atoms with van der Waals surface area (Å²) >= 11 is 0. The van der Waals surface area contributed by atoms with E-state index in [1.165, 1.54) is 37.1 Å². The van der Waals surface area contributed by atoms with Crippen LogP contribution in [0.3, 0.4) is 0 Å². The highest BCUT2D eigenvalue weighted by Gasteiger charge is 2.12. The Morgan fingerprint density at radius 1 is 1.00 bits per heavy atom. The van der Waals surface area contributed by atoms with Crippen molar-refractivity contribution in [3.63, 3.8) is 0 Å². The Hall–Kier alpha value is -2.57. The van der Waals surface area contributed by atoms with Crippen molar-refractivity contribution in [1.82, 2.24) is 14.9 Å². The van der Waals surface area contributed by atoms with Crippen LogP contribution in [0.15, 0.2) is 47.4 Å². The van der Waals surface area contributed by atoms with Gasteiger partial charge < -0.3 is 20.3 Å².